The van der Waals surface area contributed by atoms with Gasteiger partial charge in [0.1, 0.15) is 0 Å². The number of hydrogen-bond acceptors (Lipinski definition) is 2. The number of likely N-dealkylation sites (tertiary alicyclic amines) is 1. The lowest BCUT2D eigenvalue weighted by atomic mass is 9.91. The van der Waals surface area contributed by atoms with Crippen molar-refractivity contribution in [1.29, 1.82) is 0 Å². The predicted octanol–water partition coefficient (Wildman–Crippen LogP) is 2.04. The molecular weight excluding hydrogens is 224 g/mol. The van der Waals surface area contributed by atoms with Crippen LogP contribution in [0.25, 0.3) is 0 Å². The molecule has 1 fully saturated rings. The monoisotopic (exact) mass is 248 g/mol. The molecular formula is C12H25ClN2O. The van der Waals surface area contributed by atoms with E-state index in [0.29, 0.717) is 12.3 Å². The standard InChI is InChI=1S/C12H24N2O.ClH/c1-9(13)10-5-6-14(8-10)11(15)7-12(2,3)4;/h9-10H,5-8,13H2,1-4H3;1H. The number of nitrogens with two attached hydrogens (primary N) is 1. The zero-order valence-electron chi connectivity index (χ0n) is 10.8. The van der Waals surface area contributed by atoms with Gasteiger partial charge in [-0.3, -0.25) is 4.79 Å². The fourth-order valence-corrected chi connectivity index (χ4v) is 2.01. The number of carbonyl (C=O) groups excluding carboxylic acids is 1. The van der Waals surface area contributed by atoms with Crippen molar-refractivity contribution in [3.63, 3.8) is 0 Å². The highest BCUT2D eigenvalue weighted by Gasteiger charge is 2.29. The Balaban J connectivity index is 0.00000225. The predicted molar refractivity (Wildman–Crippen MR) is 69.7 cm³/mol. The Morgan fingerprint density at radius 1 is 1.50 bits per heavy atom. The first-order chi connectivity index (χ1) is 6.79. The number of halogens is 1. The highest BCUT2D eigenvalue weighted by atomic mass is 35.5. The molecule has 0 aliphatic carbocycles. The first-order valence-electron chi connectivity index (χ1n) is 5.83. The molecule has 1 rings (SSSR count). The molecule has 1 aliphatic heterocycles. The largest absolute Gasteiger partial charge is 0.342 e. The van der Waals surface area contributed by atoms with Crippen molar-refractivity contribution < 1.29 is 4.79 Å². The minimum absolute atomic E-state index is 0. The van der Waals surface area contributed by atoms with Crippen LogP contribution >= 0.6 is 12.4 Å². The SMILES string of the molecule is CC(N)C1CCN(C(=O)CC(C)(C)C)C1.Cl. The molecule has 1 heterocycles. The first-order valence-corrected chi connectivity index (χ1v) is 5.83. The Labute approximate surface area is 105 Å². The molecule has 2 atom stereocenters. The molecule has 0 aromatic heterocycles. The van der Waals surface area contributed by atoms with E-state index in [4.69, 9.17) is 5.73 Å². The molecule has 3 nitrogen and oxygen atoms in total. The molecule has 2 unspecified atom stereocenters. The maximum atomic E-state index is 11.9. The van der Waals surface area contributed by atoms with Crippen LogP contribution in [-0.2, 0) is 4.79 Å². The van der Waals surface area contributed by atoms with Crippen LogP contribution in [0.2, 0.25) is 0 Å². The normalized spacial score (nSPS) is 22.8. The second kappa shape index (κ2) is 5.87. The third kappa shape index (κ3) is 4.71. The van der Waals surface area contributed by atoms with E-state index in [1.807, 2.05) is 11.8 Å². The molecule has 0 radical (unpaired) electrons. The highest BCUT2D eigenvalue weighted by Crippen LogP contribution is 2.24. The van der Waals surface area contributed by atoms with Gasteiger partial charge in [0, 0.05) is 25.6 Å². The molecule has 0 spiro atoms. The third-order valence-electron chi connectivity index (χ3n) is 3.00. The summed E-state index contributed by atoms with van der Waals surface area (Å²) in [4.78, 5) is 13.9. The number of amides is 1. The van der Waals surface area contributed by atoms with Crippen LogP contribution in [0.3, 0.4) is 0 Å². The first kappa shape index (κ1) is 15.7. The smallest absolute Gasteiger partial charge is 0.223 e. The topological polar surface area (TPSA) is 46.3 Å². The Bertz CT molecular complexity index is 236. The van der Waals surface area contributed by atoms with Crippen LogP contribution in [0, 0.1) is 11.3 Å². The number of nitrogens with zero attached hydrogens (tertiary/aromatic N) is 1. The van der Waals surface area contributed by atoms with Crippen LogP contribution in [-0.4, -0.2) is 29.9 Å². The fourth-order valence-electron chi connectivity index (χ4n) is 2.01. The zero-order chi connectivity index (χ0) is 11.6. The summed E-state index contributed by atoms with van der Waals surface area (Å²) in [5.41, 5.74) is 5.94. The number of carbonyl (C=O) groups is 1. The summed E-state index contributed by atoms with van der Waals surface area (Å²) in [6.07, 6.45) is 1.70. The maximum Gasteiger partial charge on any atom is 0.223 e. The van der Waals surface area contributed by atoms with Gasteiger partial charge in [0.15, 0.2) is 0 Å². The van der Waals surface area contributed by atoms with Gasteiger partial charge in [-0.05, 0) is 24.7 Å². The Morgan fingerprint density at radius 2 is 2.06 bits per heavy atom. The van der Waals surface area contributed by atoms with Crippen LogP contribution in [0.15, 0.2) is 0 Å². The van der Waals surface area contributed by atoms with Crippen LogP contribution in [0.4, 0.5) is 0 Å². The lowest BCUT2D eigenvalue weighted by Gasteiger charge is -2.23. The maximum absolute atomic E-state index is 11.9. The summed E-state index contributed by atoms with van der Waals surface area (Å²) in [6.45, 7) is 10.1. The summed E-state index contributed by atoms with van der Waals surface area (Å²) >= 11 is 0. The van der Waals surface area contributed by atoms with E-state index in [9.17, 15) is 4.79 Å². The minimum Gasteiger partial charge on any atom is -0.342 e. The average molecular weight is 249 g/mol. The van der Waals surface area contributed by atoms with Gasteiger partial charge >= 0.3 is 0 Å². The van der Waals surface area contributed by atoms with Gasteiger partial charge in [-0.25, -0.2) is 0 Å². The molecule has 96 valence electrons. The molecule has 16 heavy (non-hydrogen) atoms. The van der Waals surface area contributed by atoms with Gasteiger partial charge in [0.2, 0.25) is 5.91 Å². The lowest BCUT2D eigenvalue weighted by Crippen LogP contribution is -2.34. The van der Waals surface area contributed by atoms with Crippen molar-refractivity contribution in [3.8, 4) is 0 Å². The van der Waals surface area contributed by atoms with Crippen LogP contribution in [0.5, 0.6) is 0 Å². The summed E-state index contributed by atoms with van der Waals surface area (Å²) in [5.74, 6) is 0.777. The van der Waals surface area contributed by atoms with Crippen molar-refractivity contribution in [2.45, 2.75) is 46.6 Å². The van der Waals surface area contributed by atoms with Gasteiger partial charge in [-0.15, -0.1) is 12.4 Å². The van der Waals surface area contributed by atoms with E-state index in [1.165, 1.54) is 0 Å². The lowest BCUT2D eigenvalue weighted by molar-refractivity contribution is -0.132. The third-order valence-corrected chi connectivity index (χ3v) is 3.00. The summed E-state index contributed by atoms with van der Waals surface area (Å²) in [7, 11) is 0. The Morgan fingerprint density at radius 3 is 2.44 bits per heavy atom. The van der Waals surface area contributed by atoms with Crippen molar-refractivity contribution in [2.24, 2.45) is 17.1 Å². The van der Waals surface area contributed by atoms with Gasteiger partial charge in [0.05, 0.1) is 0 Å². The summed E-state index contributed by atoms with van der Waals surface area (Å²) < 4.78 is 0. The second-order valence-corrected chi connectivity index (χ2v) is 5.99. The number of hydrogen-bond donors (Lipinski definition) is 1. The summed E-state index contributed by atoms with van der Waals surface area (Å²) in [5, 5.41) is 0. The van der Waals surface area contributed by atoms with E-state index in [0.717, 1.165) is 19.5 Å². The average Bonchev–Trinajstić information content (AvgIpc) is 2.47. The fraction of sp³-hybridized carbons (Fsp3) is 0.917. The molecule has 4 heteroatoms. The Hall–Kier alpha value is -0.280. The highest BCUT2D eigenvalue weighted by molar-refractivity contribution is 5.85. The molecule has 0 bridgehead atoms. The van der Waals surface area contributed by atoms with E-state index in [-0.39, 0.29) is 29.8 Å². The van der Waals surface area contributed by atoms with Gasteiger partial charge < -0.3 is 10.6 Å². The van der Waals surface area contributed by atoms with E-state index >= 15 is 0 Å². The Kier molecular flexibility index (Phi) is 5.77. The van der Waals surface area contributed by atoms with Crippen molar-refractivity contribution in [3.05, 3.63) is 0 Å². The van der Waals surface area contributed by atoms with Crippen molar-refractivity contribution in [2.75, 3.05) is 13.1 Å². The summed E-state index contributed by atoms with van der Waals surface area (Å²) in [6, 6.07) is 0.206. The van der Waals surface area contributed by atoms with Gasteiger partial charge in [-0.2, -0.15) is 0 Å². The van der Waals surface area contributed by atoms with Crippen molar-refractivity contribution in [1.82, 2.24) is 4.90 Å². The molecule has 0 aromatic carbocycles. The minimum atomic E-state index is 0. The molecule has 2 N–H and O–H groups in total. The van der Waals surface area contributed by atoms with Gasteiger partial charge in [-0.1, -0.05) is 20.8 Å². The molecule has 1 amide bonds. The molecule has 1 saturated heterocycles. The van der Waals surface area contributed by atoms with E-state index in [2.05, 4.69) is 20.8 Å². The second-order valence-electron chi connectivity index (χ2n) is 5.99. The molecule has 1 aliphatic rings. The van der Waals surface area contributed by atoms with E-state index in [1.54, 1.807) is 0 Å². The van der Waals surface area contributed by atoms with E-state index < -0.39 is 0 Å². The molecule has 0 saturated carbocycles. The zero-order valence-corrected chi connectivity index (χ0v) is 11.6. The molecule has 0 aromatic rings. The van der Waals surface area contributed by atoms with Crippen LogP contribution < -0.4 is 5.73 Å². The quantitative estimate of drug-likeness (QED) is 0.813. The van der Waals surface area contributed by atoms with Gasteiger partial charge in [0.25, 0.3) is 0 Å². The van der Waals surface area contributed by atoms with Crippen molar-refractivity contribution >= 4 is 18.3 Å². The number of rotatable bonds is 2. The van der Waals surface area contributed by atoms with Crippen LogP contribution in [0.1, 0.15) is 40.5 Å².